The molecule has 0 aliphatic heterocycles. The van der Waals surface area contributed by atoms with Crippen LogP contribution < -0.4 is 10.3 Å². The van der Waals surface area contributed by atoms with Crippen LogP contribution in [0, 0.1) is 6.92 Å². The first-order valence-corrected chi connectivity index (χ1v) is 7.70. The molecule has 0 amide bonds. The maximum atomic E-state index is 11.3. The van der Waals surface area contributed by atoms with E-state index >= 15 is 0 Å². The number of carbonyl (C=O) groups is 1. The summed E-state index contributed by atoms with van der Waals surface area (Å²) in [5, 5.41) is 9.40. The molecule has 0 atom stereocenters. The molecule has 7 heteroatoms. The Morgan fingerprint density at radius 3 is 2.73 bits per heavy atom. The van der Waals surface area contributed by atoms with Gasteiger partial charge in [-0.15, -0.1) is 0 Å². The van der Waals surface area contributed by atoms with Crippen molar-refractivity contribution in [1.29, 1.82) is 0 Å². The molecule has 22 heavy (non-hydrogen) atoms. The Kier molecular flexibility index (Phi) is 5.60. The number of rotatable bonds is 7. The maximum Gasteiger partial charge on any atom is 0.335 e. The van der Waals surface area contributed by atoms with E-state index in [0.717, 1.165) is 12.2 Å². The van der Waals surface area contributed by atoms with E-state index < -0.39 is 5.97 Å². The van der Waals surface area contributed by atoms with Crippen LogP contribution in [0.15, 0.2) is 40.3 Å². The van der Waals surface area contributed by atoms with E-state index in [2.05, 4.69) is 9.97 Å². The minimum Gasteiger partial charge on any atom is -0.494 e. The molecule has 0 saturated carbocycles. The van der Waals surface area contributed by atoms with Gasteiger partial charge in [-0.2, -0.15) is 0 Å². The van der Waals surface area contributed by atoms with E-state index in [1.165, 1.54) is 30.0 Å². The van der Waals surface area contributed by atoms with Crippen LogP contribution >= 0.6 is 11.8 Å². The SMILES string of the molecule is Cc1cc(=O)[nH]c(SCCCOc2ccc(C(=O)O)cc2)n1. The van der Waals surface area contributed by atoms with Crippen molar-refractivity contribution in [3.05, 3.63) is 51.9 Å². The zero-order valence-electron chi connectivity index (χ0n) is 12.0. The Balaban J connectivity index is 1.73. The fourth-order valence-electron chi connectivity index (χ4n) is 1.73. The average molecular weight is 320 g/mol. The topological polar surface area (TPSA) is 92.3 Å². The van der Waals surface area contributed by atoms with Crippen molar-refractivity contribution in [2.24, 2.45) is 0 Å². The van der Waals surface area contributed by atoms with Gasteiger partial charge in [0.05, 0.1) is 12.2 Å². The van der Waals surface area contributed by atoms with Crippen molar-refractivity contribution in [2.45, 2.75) is 18.5 Å². The van der Waals surface area contributed by atoms with Crippen molar-refractivity contribution in [3.8, 4) is 5.75 Å². The number of benzene rings is 1. The van der Waals surface area contributed by atoms with Gasteiger partial charge in [0.1, 0.15) is 5.75 Å². The molecule has 1 heterocycles. The molecule has 0 radical (unpaired) electrons. The van der Waals surface area contributed by atoms with E-state index in [1.807, 2.05) is 0 Å². The first-order valence-electron chi connectivity index (χ1n) is 6.71. The summed E-state index contributed by atoms with van der Waals surface area (Å²) < 4.78 is 5.53. The van der Waals surface area contributed by atoms with Gasteiger partial charge >= 0.3 is 5.97 Å². The highest BCUT2D eigenvalue weighted by Crippen LogP contribution is 2.15. The summed E-state index contributed by atoms with van der Waals surface area (Å²) in [7, 11) is 0. The number of nitrogens with zero attached hydrogens (tertiary/aromatic N) is 1. The fourth-order valence-corrected chi connectivity index (χ4v) is 2.57. The lowest BCUT2D eigenvalue weighted by Crippen LogP contribution is -2.08. The summed E-state index contributed by atoms with van der Waals surface area (Å²) in [4.78, 5) is 28.9. The zero-order valence-corrected chi connectivity index (χ0v) is 12.9. The van der Waals surface area contributed by atoms with Crippen LogP contribution in [-0.4, -0.2) is 33.4 Å². The summed E-state index contributed by atoms with van der Waals surface area (Å²) in [5.74, 6) is 0.444. The average Bonchev–Trinajstić information content (AvgIpc) is 2.46. The van der Waals surface area contributed by atoms with Crippen LogP contribution in [0.5, 0.6) is 5.75 Å². The van der Waals surface area contributed by atoms with Crippen molar-refractivity contribution in [1.82, 2.24) is 9.97 Å². The van der Waals surface area contributed by atoms with Gasteiger partial charge in [0.25, 0.3) is 5.56 Å². The summed E-state index contributed by atoms with van der Waals surface area (Å²) in [6, 6.07) is 7.74. The quantitative estimate of drug-likeness (QED) is 0.462. The van der Waals surface area contributed by atoms with Gasteiger partial charge in [-0.3, -0.25) is 4.79 Å². The number of carboxylic acid groups (broad SMARTS) is 1. The number of hydrogen-bond acceptors (Lipinski definition) is 5. The number of H-pyrrole nitrogens is 1. The van der Waals surface area contributed by atoms with Gasteiger partial charge in [-0.1, -0.05) is 11.8 Å². The van der Waals surface area contributed by atoms with Crippen LogP contribution in [0.4, 0.5) is 0 Å². The van der Waals surface area contributed by atoms with Crippen LogP contribution in [0.2, 0.25) is 0 Å². The minimum absolute atomic E-state index is 0.148. The molecule has 1 aromatic carbocycles. The Hall–Kier alpha value is -2.28. The first kappa shape index (κ1) is 16.1. The number of aryl methyl sites for hydroxylation is 1. The molecule has 0 saturated heterocycles. The van der Waals surface area contributed by atoms with E-state index in [4.69, 9.17) is 9.84 Å². The molecule has 2 rings (SSSR count). The molecule has 0 unspecified atom stereocenters. The third kappa shape index (κ3) is 4.92. The highest BCUT2D eigenvalue weighted by Gasteiger charge is 2.02. The number of nitrogens with one attached hydrogen (secondary N) is 1. The number of hydrogen-bond donors (Lipinski definition) is 2. The lowest BCUT2D eigenvalue weighted by atomic mass is 10.2. The standard InChI is InChI=1S/C15H16N2O4S/c1-10-9-13(18)17-15(16-10)22-8-2-7-21-12-5-3-11(4-6-12)14(19)20/h3-6,9H,2,7-8H2,1H3,(H,19,20)(H,16,17,18). The Morgan fingerprint density at radius 2 is 2.09 bits per heavy atom. The monoisotopic (exact) mass is 320 g/mol. The van der Waals surface area contributed by atoms with Gasteiger partial charge in [-0.25, -0.2) is 9.78 Å². The van der Waals surface area contributed by atoms with E-state index in [1.54, 1.807) is 19.1 Å². The molecule has 2 aromatic rings. The molecule has 6 nitrogen and oxygen atoms in total. The minimum atomic E-state index is -0.956. The predicted molar refractivity (Wildman–Crippen MR) is 83.8 cm³/mol. The Labute approximate surface area is 131 Å². The lowest BCUT2D eigenvalue weighted by Gasteiger charge is -2.06. The molecule has 1 aromatic heterocycles. The van der Waals surface area contributed by atoms with Crippen LogP contribution in [0.1, 0.15) is 22.5 Å². The number of thioether (sulfide) groups is 1. The lowest BCUT2D eigenvalue weighted by molar-refractivity contribution is 0.0697. The van der Waals surface area contributed by atoms with Crippen molar-refractivity contribution in [2.75, 3.05) is 12.4 Å². The summed E-state index contributed by atoms with van der Waals surface area (Å²) in [6.45, 7) is 2.29. The summed E-state index contributed by atoms with van der Waals surface area (Å²) in [6.07, 6.45) is 0.781. The number of ether oxygens (including phenoxy) is 1. The number of carboxylic acids is 1. The van der Waals surface area contributed by atoms with Crippen molar-refractivity contribution >= 4 is 17.7 Å². The van der Waals surface area contributed by atoms with Crippen LogP contribution in [0.3, 0.4) is 0 Å². The van der Waals surface area contributed by atoms with Gasteiger partial charge < -0.3 is 14.8 Å². The van der Waals surface area contributed by atoms with Crippen molar-refractivity contribution < 1.29 is 14.6 Å². The second-order valence-corrected chi connectivity index (χ2v) is 5.66. The molecule has 116 valence electrons. The van der Waals surface area contributed by atoms with E-state index in [-0.39, 0.29) is 11.1 Å². The fraction of sp³-hybridized carbons (Fsp3) is 0.267. The highest BCUT2D eigenvalue weighted by atomic mass is 32.2. The second kappa shape index (κ2) is 7.65. The molecule has 0 aliphatic carbocycles. The second-order valence-electron chi connectivity index (χ2n) is 4.57. The maximum absolute atomic E-state index is 11.3. The third-order valence-electron chi connectivity index (χ3n) is 2.75. The van der Waals surface area contributed by atoms with Crippen molar-refractivity contribution in [3.63, 3.8) is 0 Å². The first-order chi connectivity index (χ1) is 10.5. The molecular weight excluding hydrogens is 304 g/mol. The molecular formula is C15H16N2O4S. The van der Waals surface area contributed by atoms with Gasteiger partial charge in [0.15, 0.2) is 5.16 Å². The molecule has 0 bridgehead atoms. The van der Waals surface area contributed by atoms with Gasteiger partial charge in [0.2, 0.25) is 0 Å². The number of aromatic carboxylic acids is 1. The molecule has 0 fully saturated rings. The Bertz CT molecular complexity index is 697. The molecule has 2 N–H and O–H groups in total. The third-order valence-corrected chi connectivity index (χ3v) is 3.71. The normalized spacial score (nSPS) is 10.4. The van der Waals surface area contributed by atoms with Gasteiger partial charge in [0, 0.05) is 17.5 Å². The number of aromatic nitrogens is 2. The summed E-state index contributed by atoms with van der Waals surface area (Å²) in [5.41, 5.74) is 0.781. The Morgan fingerprint density at radius 1 is 1.36 bits per heavy atom. The van der Waals surface area contributed by atoms with Crippen LogP contribution in [-0.2, 0) is 0 Å². The number of aromatic amines is 1. The largest absolute Gasteiger partial charge is 0.494 e. The van der Waals surface area contributed by atoms with Crippen LogP contribution in [0.25, 0.3) is 0 Å². The zero-order chi connectivity index (χ0) is 15.9. The highest BCUT2D eigenvalue weighted by molar-refractivity contribution is 7.99. The summed E-state index contributed by atoms with van der Waals surface area (Å²) >= 11 is 1.47. The molecule has 0 aliphatic rings. The smallest absolute Gasteiger partial charge is 0.335 e. The van der Waals surface area contributed by atoms with E-state index in [9.17, 15) is 9.59 Å². The molecule has 0 spiro atoms. The van der Waals surface area contributed by atoms with Gasteiger partial charge in [-0.05, 0) is 37.6 Å². The van der Waals surface area contributed by atoms with E-state index in [0.29, 0.717) is 23.2 Å². The predicted octanol–water partition coefficient (Wildman–Crippen LogP) is 2.34.